The van der Waals surface area contributed by atoms with Gasteiger partial charge in [0.15, 0.2) is 0 Å². The van der Waals surface area contributed by atoms with Gasteiger partial charge in [-0.05, 0) is 51.0 Å². The molecule has 0 aromatic rings. The average Bonchev–Trinajstić information content (AvgIpc) is 2.36. The molecule has 1 aliphatic carbocycles. The second-order valence-corrected chi connectivity index (χ2v) is 5.69. The number of aliphatic hydroxyl groups is 2. The van der Waals surface area contributed by atoms with Crippen molar-refractivity contribution < 1.29 is 10.2 Å². The highest BCUT2D eigenvalue weighted by Crippen LogP contribution is 2.31. The molecule has 0 aliphatic heterocycles. The molecule has 3 nitrogen and oxygen atoms in total. The molecule has 1 fully saturated rings. The Hall–Kier alpha value is -0.120. The van der Waals surface area contributed by atoms with Crippen LogP contribution in [0.4, 0.5) is 0 Å². The lowest BCUT2D eigenvalue weighted by molar-refractivity contribution is 0.105. The first-order valence-corrected chi connectivity index (χ1v) is 7.19. The van der Waals surface area contributed by atoms with Gasteiger partial charge < -0.3 is 15.5 Å². The minimum atomic E-state index is 0.00346. The molecule has 0 spiro atoms. The van der Waals surface area contributed by atoms with Crippen LogP contribution in [0.5, 0.6) is 0 Å². The molecule has 0 heterocycles. The minimum Gasteiger partial charge on any atom is -0.396 e. The van der Waals surface area contributed by atoms with Crippen LogP contribution in [0, 0.1) is 5.92 Å². The summed E-state index contributed by atoms with van der Waals surface area (Å²) in [6.07, 6.45) is 9.05. The van der Waals surface area contributed by atoms with Gasteiger partial charge in [0.1, 0.15) is 0 Å². The summed E-state index contributed by atoms with van der Waals surface area (Å²) in [6.45, 7) is 3.89. The van der Waals surface area contributed by atoms with Crippen LogP contribution in [0.25, 0.3) is 0 Å². The van der Waals surface area contributed by atoms with Crippen molar-refractivity contribution in [1.29, 1.82) is 0 Å². The van der Waals surface area contributed by atoms with Gasteiger partial charge in [0.05, 0.1) is 6.61 Å². The molecule has 0 radical (unpaired) electrons. The van der Waals surface area contributed by atoms with Crippen LogP contribution in [0.3, 0.4) is 0 Å². The van der Waals surface area contributed by atoms with Gasteiger partial charge in [0.25, 0.3) is 0 Å². The van der Waals surface area contributed by atoms with Crippen molar-refractivity contribution in [2.75, 3.05) is 19.8 Å². The number of hydrogen-bond acceptors (Lipinski definition) is 3. The monoisotopic (exact) mass is 243 g/mol. The smallest absolute Gasteiger partial charge is 0.0613 e. The van der Waals surface area contributed by atoms with Crippen LogP contribution in [0.15, 0.2) is 0 Å². The molecule has 0 atom stereocenters. The molecule has 0 amide bonds. The zero-order chi connectivity index (χ0) is 12.6. The Kier molecular flexibility index (Phi) is 7.09. The Morgan fingerprint density at radius 2 is 1.71 bits per heavy atom. The summed E-state index contributed by atoms with van der Waals surface area (Å²) in [5, 5.41) is 21.8. The first kappa shape index (κ1) is 14.9. The fourth-order valence-corrected chi connectivity index (χ4v) is 2.65. The molecule has 3 N–H and O–H groups in total. The lowest BCUT2D eigenvalue weighted by Gasteiger charge is -2.39. The molecule has 0 saturated heterocycles. The lowest BCUT2D eigenvalue weighted by atomic mass is 9.77. The highest BCUT2D eigenvalue weighted by Gasteiger charge is 2.32. The molecular weight excluding hydrogens is 214 g/mol. The van der Waals surface area contributed by atoms with E-state index in [1.807, 2.05) is 0 Å². The van der Waals surface area contributed by atoms with Gasteiger partial charge in [0.2, 0.25) is 0 Å². The van der Waals surface area contributed by atoms with Gasteiger partial charge in [0, 0.05) is 12.1 Å². The van der Waals surface area contributed by atoms with Crippen molar-refractivity contribution >= 4 is 0 Å². The van der Waals surface area contributed by atoms with Crippen LogP contribution < -0.4 is 5.32 Å². The van der Waals surface area contributed by atoms with E-state index in [0.29, 0.717) is 6.61 Å². The van der Waals surface area contributed by atoms with Crippen molar-refractivity contribution in [3.05, 3.63) is 0 Å². The zero-order valence-corrected chi connectivity index (χ0v) is 11.2. The third-order valence-corrected chi connectivity index (χ3v) is 4.12. The van der Waals surface area contributed by atoms with Gasteiger partial charge in [-0.15, -0.1) is 0 Å². The first-order chi connectivity index (χ1) is 8.22. The topological polar surface area (TPSA) is 52.5 Å². The second-order valence-electron chi connectivity index (χ2n) is 5.69. The van der Waals surface area contributed by atoms with Gasteiger partial charge >= 0.3 is 0 Å². The van der Waals surface area contributed by atoms with Gasteiger partial charge in [-0.25, -0.2) is 0 Å². The Morgan fingerprint density at radius 3 is 2.29 bits per heavy atom. The highest BCUT2D eigenvalue weighted by molar-refractivity contribution is 4.91. The third kappa shape index (κ3) is 5.36. The van der Waals surface area contributed by atoms with Crippen LogP contribution in [0.2, 0.25) is 0 Å². The Morgan fingerprint density at radius 1 is 1.06 bits per heavy atom. The Bertz CT molecular complexity index is 189. The molecule has 1 saturated carbocycles. The maximum atomic E-state index is 9.57. The SMILES string of the molecule is CC1CCC(CO)(NCCCCCCO)CC1. The summed E-state index contributed by atoms with van der Waals surface area (Å²) in [5.41, 5.74) is 0.00346. The van der Waals surface area contributed by atoms with Crippen molar-refractivity contribution in [2.24, 2.45) is 5.92 Å². The highest BCUT2D eigenvalue weighted by atomic mass is 16.3. The van der Waals surface area contributed by atoms with E-state index in [0.717, 1.165) is 44.6 Å². The molecule has 0 bridgehead atoms. The number of aliphatic hydroxyl groups excluding tert-OH is 2. The molecule has 0 aromatic heterocycles. The third-order valence-electron chi connectivity index (χ3n) is 4.12. The molecule has 17 heavy (non-hydrogen) atoms. The summed E-state index contributed by atoms with van der Waals surface area (Å²) in [5.74, 6) is 0.820. The normalized spacial score (nSPS) is 29.5. The molecule has 3 heteroatoms. The predicted molar refractivity (Wildman–Crippen MR) is 71.0 cm³/mol. The quantitative estimate of drug-likeness (QED) is 0.572. The van der Waals surface area contributed by atoms with Crippen LogP contribution in [-0.4, -0.2) is 35.5 Å². The number of rotatable bonds is 8. The number of hydrogen-bond donors (Lipinski definition) is 3. The van der Waals surface area contributed by atoms with E-state index in [2.05, 4.69) is 12.2 Å². The summed E-state index contributed by atoms with van der Waals surface area (Å²) in [7, 11) is 0. The molecule has 0 unspecified atom stereocenters. The lowest BCUT2D eigenvalue weighted by Crippen LogP contribution is -2.51. The largest absolute Gasteiger partial charge is 0.396 e. The maximum Gasteiger partial charge on any atom is 0.0613 e. The number of unbranched alkanes of at least 4 members (excludes halogenated alkanes) is 3. The predicted octanol–water partition coefficient (Wildman–Crippen LogP) is 2.07. The summed E-state index contributed by atoms with van der Waals surface area (Å²) in [4.78, 5) is 0. The number of nitrogens with one attached hydrogen (secondary N) is 1. The molecule has 1 rings (SSSR count). The fourth-order valence-electron chi connectivity index (χ4n) is 2.65. The van der Waals surface area contributed by atoms with E-state index >= 15 is 0 Å². The van der Waals surface area contributed by atoms with E-state index in [-0.39, 0.29) is 12.1 Å². The fraction of sp³-hybridized carbons (Fsp3) is 1.00. The van der Waals surface area contributed by atoms with E-state index < -0.39 is 0 Å². The Balaban J connectivity index is 2.14. The van der Waals surface area contributed by atoms with E-state index in [1.165, 1.54) is 19.3 Å². The van der Waals surface area contributed by atoms with Crippen LogP contribution >= 0.6 is 0 Å². The van der Waals surface area contributed by atoms with Gasteiger partial charge in [-0.3, -0.25) is 0 Å². The molecule has 1 aliphatic rings. The molecule has 0 aromatic carbocycles. The molecule has 102 valence electrons. The van der Waals surface area contributed by atoms with E-state index in [4.69, 9.17) is 5.11 Å². The van der Waals surface area contributed by atoms with Crippen molar-refractivity contribution in [3.63, 3.8) is 0 Å². The molecular formula is C14H29NO2. The van der Waals surface area contributed by atoms with Gasteiger partial charge in [-0.2, -0.15) is 0 Å². The van der Waals surface area contributed by atoms with E-state index in [1.54, 1.807) is 0 Å². The van der Waals surface area contributed by atoms with Crippen molar-refractivity contribution in [3.8, 4) is 0 Å². The van der Waals surface area contributed by atoms with Gasteiger partial charge in [-0.1, -0.05) is 19.8 Å². The average molecular weight is 243 g/mol. The van der Waals surface area contributed by atoms with Crippen molar-refractivity contribution in [1.82, 2.24) is 5.32 Å². The second kappa shape index (κ2) is 8.06. The van der Waals surface area contributed by atoms with Crippen LogP contribution in [0.1, 0.15) is 58.3 Å². The summed E-state index contributed by atoms with van der Waals surface area (Å²) in [6, 6.07) is 0. The van der Waals surface area contributed by atoms with Crippen LogP contribution in [-0.2, 0) is 0 Å². The standard InChI is InChI=1S/C14H29NO2/c1-13-6-8-14(12-17,9-7-13)15-10-4-2-3-5-11-16/h13,15-17H,2-12H2,1H3. The van der Waals surface area contributed by atoms with Crippen molar-refractivity contribution in [2.45, 2.75) is 63.8 Å². The summed E-state index contributed by atoms with van der Waals surface area (Å²) >= 11 is 0. The van der Waals surface area contributed by atoms with E-state index in [9.17, 15) is 5.11 Å². The maximum absolute atomic E-state index is 9.57. The summed E-state index contributed by atoms with van der Waals surface area (Å²) < 4.78 is 0. The Labute approximate surface area is 106 Å². The first-order valence-electron chi connectivity index (χ1n) is 7.19. The minimum absolute atomic E-state index is 0.00346. The zero-order valence-electron chi connectivity index (χ0n) is 11.2.